The van der Waals surface area contributed by atoms with E-state index in [1.54, 1.807) is 26.8 Å². The molecule has 2 aromatic carbocycles. The van der Waals surface area contributed by atoms with Crippen molar-refractivity contribution in [2.45, 2.75) is 90.0 Å². The molecule has 0 spiro atoms. The lowest BCUT2D eigenvalue weighted by Crippen LogP contribution is -2.65. The normalized spacial score (nSPS) is 18.2. The molecule has 3 amide bonds. The molecule has 2 unspecified atom stereocenters. The van der Waals surface area contributed by atoms with Gasteiger partial charge in [-0.15, -0.1) is 0 Å². The zero-order chi connectivity index (χ0) is 38.0. The molecule has 4 aromatic rings. The van der Waals surface area contributed by atoms with Crippen LogP contribution in [-0.4, -0.2) is 55.5 Å². The molecule has 0 fully saturated rings. The molecule has 5 N–H and O–H groups in total. The number of fused-ring (bicyclic) bond motifs is 3. The molecule has 0 aliphatic heterocycles. The summed E-state index contributed by atoms with van der Waals surface area (Å²) in [5.41, 5.74) is -1.79. The Balaban J connectivity index is 1.53. The molecule has 5 rings (SSSR count). The second-order valence-corrected chi connectivity index (χ2v) is 13.4. The number of halogens is 4. The monoisotopic (exact) mass is 728 g/mol. The Morgan fingerprint density at radius 2 is 1.73 bits per heavy atom. The van der Waals surface area contributed by atoms with E-state index < -0.39 is 70.6 Å². The molecule has 52 heavy (non-hydrogen) atoms. The van der Waals surface area contributed by atoms with E-state index in [2.05, 4.69) is 31.1 Å². The highest BCUT2D eigenvalue weighted by Gasteiger charge is 2.47. The topological polar surface area (TPSA) is 179 Å². The fourth-order valence-electron chi connectivity index (χ4n) is 6.53. The van der Waals surface area contributed by atoms with Crippen LogP contribution in [0.4, 0.5) is 17.6 Å². The van der Waals surface area contributed by atoms with Gasteiger partial charge in [0.1, 0.15) is 23.4 Å². The lowest BCUT2D eigenvalue weighted by atomic mass is 9.78. The molecular weight excluding hydrogens is 688 g/mol. The van der Waals surface area contributed by atoms with E-state index in [9.17, 15) is 41.8 Å². The summed E-state index contributed by atoms with van der Waals surface area (Å²) in [6.07, 6.45) is -4.31. The van der Waals surface area contributed by atoms with Crippen LogP contribution in [0, 0.1) is 17.7 Å². The number of nitrogens with zero attached hydrogens (tertiary/aromatic N) is 2. The van der Waals surface area contributed by atoms with Gasteiger partial charge in [0.2, 0.25) is 23.6 Å². The minimum atomic E-state index is -4.66. The summed E-state index contributed by atoms with van der Waals surface area (Å²) in [4.78, 5) is 60.3. The van der Waals surface area contributed by atoms with Crippen LogP contribution >= 0.6 is 0 Å². The van der Waals surface area contributed by atoms with Gasteiger partial charge in [0.25, 0.3) is 5.82 Å². The van der Waals surface area contributed by atoms with Crippen LogP contribution in [0.25, 0.3) is 10.9 Å². The lowest BCUT2D eigenvalue weighted by molar-refractivity contribution is -0.137. The number of alkyl halides is 3. The molecule has 12 nitrogen and oxygen atoms in total. The van der Waals surface area contributed by atoms with Crippen LogP contribution in [0.3, 0.4) is 0 Å². The lowest BCUT2D eigenvalue weighted by Gasteiger charge is -2.39. The van der Waals surface area contributed by atoms with E-state index in [0.29, 0.717) is 24.1 Å². The molecule has 2 heterocycles. The van der Waals surface area contributed by atoms with E-state index in [0.717, 1.165) is 6.07 Å². The molecule has 1 aliphatic rings. The number of aromatic nitrogens is 3. The summed E-state index contributed by atoms with van der Waals surface area (Å²) in [6.45, 7) is 7.13. The number of benzene rings is 2. The highest BCUT2D eigenvalue weighted by atomic mass is 19.4. The van der Waals surface area contributed by atoms with Crippen molar-refractivity contribution < 1.29 is 46.4 Å². The molecule has 278 valence electrons. The van der Waals surface area contributed by atoms with Gasteiger partial charge in [-0.05, 0) is 53.1 Å². The van der Waals surface area contributed by atoms with Crippen molar-refractivity contribution in [3.8, 4) is 0 Å². The first-order valence-electron chi connectivity index (χ1n) is 17.0. The SMILES string of the molecule is CCC(C)[C@H](NC(=O)Cc1ccccc1F)C(=O)N[C@]1(C(=O)N[C@H](c2nc(C(=O)O)no2)C(C)CC)CCc2[nH]c3c(C(F)(F)F)cccc3c2C1. The maximum atomic E-state index is 14.6. The molecule has 2 aromatic heterocycles. The molecule has 0 saturated heterocycles. The first kappa shape index (κ1) is 38.0. The van der Waals surface area contributed by atoms with Gasteiger partial charge in [-0.3, -0.25) is 14.4 Å². The van der Waals surface area contributed by atoms with Gasteiger partial charge >= 0.3 is 12.1 Å². The third-order valence-electron chi connectivity index (χ3n) is 9.93. The smallest absolute Gasteiger partial charge is 0.418 e. The number of hydrogen-bond acceptors (Lipinski definition) is 7. The molecular formula is C36H40F4N6O6. The number of carboxylic acid groups (broad SMARTS) is 1. The van der Waals surface area contributed by atoms with Gasteiger partial charge in [-0.25, -0.2) is 9.18 Å². The van der Waals surface area contributed by atoms with Crippen LogP contribution in [-0.2, 0) is 39.8 Å². The molecule has 0 bridgehead atoms. The van der Waals surface area contributed by atoms with Crippen molar-refractivity contribution >= 4 is 34.6 Å². The quantitative estimate of drug-likeness (QED) is 0.113. The Morgan fingerprint density at radius 3 is 2.37 bits per heavy atom. The summed E-state index contributed by atoms with van der Waals surface area (Å²) in [5, 5.41) is 21.5. The van der Waals surface area contributed by atoms with Crippen molar-refractivity contribution in [1.82, 2.24) is 31.1 Å². The summed E-state index contributed by atoms with van der Waals surface area (Å²) in [7, 11) is 0. The van der Waals surface area contributed by atoms with Crippen molar-refractivity contribution in [2.24, 2.45) is 11.8 Å². The van der Waals surface area contributed by atoms with E-state index in [1.807, 2.05) is 6.92 Å². The summed E-state index contributed by atoms with van der Waals surface area (Å²) >= 11 is 0. The van der Waals surface area contributed by atoms with Crippen molar-refractivity contribution in [2.75, 3.05) is 0 Å². The van der Waals surface area contributed by atoms with Crippen LogP contribution < -0.4 is 16.0 Å². The third kappa shape index (κ3) is 7.79. The van der Waals surface area contributed by atoms with Gasteiger partial charge in [0.05, 0.1) is 17.5 Å². The van der Waals surface area contributed by atoms with Crippen LogP contribution in [0.5, 0.6) is 0 Å². The number of carbonyl (C=O) groups excluding carboxylic acids is 3. The number of para-hydroxylation sites is 1. The minimum absolute atomic E-state index is 0.0560. The first-order chi connectivity index (χ1) is 24.6. The molecule has 0 radical (unpaired) electrons. The van der Waals surface area contributed by atoms with Crippen molar-refractivity contribution in [3.05, 3.63) is 82.4 Å². The molecule has 1 aliphatic carbocycles. The maximum absolute atomic E-state index is 14.6. The van der Waals surface area contributed by atoms with Crippen LogP contribution in [0.15, 0.2) is 47.0 Å². The Morgan fingerprint density at radius 1 is 1.02 bits per heavy atom. The van der Waals surface area contributed by atoms with Gasteiger partial charge < -0.3 is 30.6 Å². The highest BCUT2D eigenvalue weighted by Crippen LogP contribution is 2.40. The average molecular weight is 729 g/mol. The highest BCUT2D eigenvalue weighted by molar-refractivity contribution is 5.97. The molecule has 16 heteroatoms. The molecule has 0 saturated carbocycles. The van der Waals surface area contributed by atoms with Gasteiger partial charge in [-0.2, -0.15) is 18.2 Å². The first-order valence-corrected chi connectivity index (χ1v) is 17.0. The second kappa shape index (κ2) is 15.1. The number of nitrogens with one attached hydrogen (secondary N) is 4. The summed E-state index contributed by atoms with van der Waals surface area (Å²) < 4.78 is 61.6. The standard InChI is InChI=1S/C36H40F4N6O6/c1-5-18(3)27(42-26(47)16-20-10-7-8-13-24(20)37)31(48)45-35(34(51)43-28(19(4)6-2)32-44-30(33(49)50)46-52-32)15-14-25-22(17-35)21-11-9-12-23(29(21)41-25)36(38,39)40/h7-13,18-19,27-28,41H,5-6,14-17H2,1-4H3,(H,42,47)(H,43,51)(H,45,48)(H,49,50)/t18?,19?,27-,28-,35+/m0/s1. The maximum Gasteiger partial charge on any atom is 0.418 e. The minimum Gasteiger partial charge on any atom is -0.475 e. The molecule has 5 atom stereocenters. The number of aromatic amines is 1. The average Bonchev–Trinajstić information content (AvgIpc) is 3.74. The summed E-state index contributed by atoms with van der Waals surface area (Å²) in [6, 6.07) is 7.30. The van der Waals surface area contributed by atoms with E-state index in [4.69, 9.17) is 4.52 Å². The third-order valence-corrected chi connectivity index (χ3v) is 9.93. The van der Waals surface area contributed by atoms with Crippen LogP contribution in [0.1, 0.15) is 91.9 Å². The van der Waals surface area contributed by atoms with Gasteiger partial charge in [0.15, 0.2) is 0 Å². The Kier molecular flexibility index (Phi) is 11.1. The number of aromatic carboxylic acids is 1. The summed E-state index contributed by atoms with van der Waals surface area (Å²) in [5.74, 6) is -5.74. The Hall–Kier alpha value is -5.28. The predicted molar refractivity (Wildman–Crippen MR) is 179 cm³/mol. The number of carboxylic acids is 1. The second-order valence-electron chi connectivity index (χ2n) is 13.4. The Bertz CT molecular complexity index is 1980. The van der Waals surface area contributed by atoms with Crippen molar-refractivity contribution in [3.63, 3.8) is 0 Å². The zero-order valence-electron chi connectivity index (χ0n) is 29.0. The zero-order valence-corrected chi connectivity index (χ0v) is 29.0. The number of aryl methyl sites for hydroxylation is 1. The van der Waals surface area contributed by atoms with E-state index in [1.165, 1.54) is 30.3 Å². The van der Waals surface area contributed by atoms with Gasteiger partial charge in [-0.1, -0.05) is 70.9 Å². The number of H-pyrrole nitrogens is 1. The van der Waals surface area contributed by atoms with E-state index >= 15 is 0 Å². The van der Waals surface area contributed by atoms with Gasteiger partial charge in [0, 0.05) is 17.5 Å². The van der Waals surface area contributed by atoms with Crippen molar-refractivity contribution in [1.29, 1.82) is 0 Å². The number of amides is 3. The van der Waals surface area contributed by atoms with Crippen LogP contribution in [0.2, 0.25) is 0 Å². The fourth-order valence-corrected chi connectivity index (χ4v) is 6.53. The Labute approximate surface area is 296 Å². The van der Waals surface area contributed by atoms with E-state index in [-0.39, 0.29) is 54.0 Å². The fraction of sp³-hybridized carbons (Fsp3) is 0.444. The number of hydrogen-bond donors (Lipinski definition) is 5. The predicted octanol–water partition coefficient (Wildman–Crippen LogP) is 5.43. The number of carbonyl (C=O) groups is 4. The largest absolute Gasteiger partial charge is 0.475 e. The number of rotatable bonds is 13.